The van der Waals surface area contributed by atoms with Crippen molar-refractivity contribution in [2.75, 3.05) is 28.4 Å². The second-order valence-electron chi connectivity index (χ2n) is 5.46. The molecule has 2 aromatic rings. The molecule has 8 nitrogen and oxygen atoms in total. The van der Waals surface area contributed by atoms with Gasteiger partial charge in [-0.3, -0.25) is 4.79 Å². The maximum absolute atomic E-state index is 12.6. The number of methoxy groups -OCH3 is 3. The number of carbonyl (C=O) groups is 1. The number of nitrogens with one attached hydrogen (secondary N) is 2. The Morgan fingerprint density at radius 2 is 1.56 bits per heavy atom. The SMILES string of the molecule is CNC(=O)c1cc(S(=O)(=O)NCc2ccc(OC)c(OC)c2)ccc1OC. The van der Waals surface area contributed by atoms with Crippen molar-refractivity contribution in [1.82, 2.24) is 10.0 Å². The summed E-state index contributed by atoms with van der Waals surface area (Å²) < 4.78 is 43.2. The summed E-state index contributed by atoms with van der Waals surface area (Å²) in [5, 5.41) is 2.46. The van der Waals surface area contributed by atoms with E-state index < -0.39 is 15.9 Å². The van der Waals surface area contributed by atoms with Crippen LogP contribution in [0, 0.1) is 0 Å². The van der Waals surface area contributed by atoms with Gasteiger partial charge < -0.3 is 19.5 Å². The first-order valence-electron chi connectivity index (χ1n) is 7.97. The van der Waals surface area contributed by atoms with Crippen molar-refractivity contribution in [3.8, 4) is 17.2 Å². The average Bonchev–Trinajstić information content (AvgIpc) is 2.70. The summed E-state index contributed by atoms with van der Waals surface area (Å²) in [7, 11) is 2.05. The molecule has 0 aromatic heterocycles. The van der Waals surface area contributed by atoms with E-state index in [4.69, 9.17) is 14.2 Å². The fourth-order valence-corrected chi connectivity index (χ4v) is 3.46. The van der Waals surface area contributed by atoms with Crippen molar-refractivity contribution in [1.29, 1.82) is 0 Å². The highest BCUT2D eigenvalue weighted by molar-refractivity contribution is 7.89. The quantitative estimate of drug-likeness (QED) is 0.704. The van der Waals surface area contributed by atoms with Crippen LogP contribution >= 0.6 is 0 Å². The lowest BCUT2D eigenvalue weighted by Crippen LogP contribution is -2.24. The van der Waals surface area contributed by atoms with E-state index in [2.05, 4.69) is 10.0 Å². The normalized spacial score (nSPS) is 11.0. The number of benzene rings is 2. The zero-order valence-electron chi connectivity index (χ0n) is 15.5. The molecule has 0 bridgehead atoms. The third-order valence-corrected chi connectivity index (χ3v) is 5.27. The lowest BCUT2D eigenvalue weighted by Gasteiger charge is -2.12. The molecule has 0 aliphatic carbocycles. The van der Waals surface area contributed by atoms with Gasteiger partial charge in [0.1, 0.15) is 5.75 Å². The summed E-state index contributed by atoms with van der Waals surface area (Å²) in [6.07, 6.45) is 0. The van der Waals surface area contributed by atoms with Gasteiger partial charge in [0.05, 0.1) is 31.8 Å². The van der Waals surface area contributed by atoms with Crippen LogP contribution in [0.15, 0.2) is 41.3 Å². The largest absolute Gasteiger partial charge is 0.496 e. The number of sulfonamides is 1. The molecule has 0 saturated heterocycles. The summed E-state index contributed by atoms with van der Waals surface area (Å²) in [6, 6.07) is 9.20. The third kappa shape index (κ3) is 4.69. The Balaban J connectivity index is 2.25. The first-order valence-corrected chi connectivity index (χ1v) is 9.45. The second kappa shape index (κ2) is 8.74. The number of amides is 1. The van der Waals surface area contributed by atoms with E-state index in [0.29, 0.717) is 17.1 Å². The van der Waals surface area contributed by atoms with Crippen molar-refractivity contribution in [3.63, 3.8) is 0 Å². The highest BCUT2D eigenvalue weighted by atomic mass is 32.2. The summed E-state index contributed by atoms with van der Waals surface area (Å²) >= 11 is 0. The van der Waals surface area contributed by atoms with Gasteiger partial charge in [0.15, 0.2) is 11.5 Å². The third-order valence-electron chi connectivity index (χ3n) is 3.87. The van der Waals surface area contributed by atoms with Crippen LogP contribution in [0.5, 0.6) is 17.2 Å². The van der Waals surface area contributed by atoms with Crippen molar-refractivity contribution < 1.29 is 27.4 Å². The Hall–Kier alpha value is -2.78. The van der Waals surface area contributed by atoms with E-state index in [0.717, 1.165) is 0 Å². The molecule has 146 valence electrons. The molecule has 0 unspecified atom stereocenters. The fraction of sp³-hybridized carbons (Fsp3) is 0.278. The van der Waals surface area contributed by atoms with Crippen LogP contribution in [0.1, 0.15) is 15.9 Å². The second-order valence-corrected chi connectivity index (χ2v) is 7.22. The van der Waals surface area contributed by atoms with Crippen molar-refractivity contribution in [3.05, 3.63) is 47.5 Å². The monoisotopic (exact) mass is 394 g/mol. The van der Waals surface area contributed by atoms with Crippen LogP contribution in [-0.2, 0) is 16.6 Å². The van der Waals surface area contributed by atoms with E-state index in [-0.39, 0.29) is 22.8 Å². The van der Waals surface area contributed by atoms with Crippen LogP contribution in [0.25, 0.3) is 0 Å². The molecule has 2 aromatic carbocycles. The smallest absolute Gasteiger partial charge is 0.254 e. The molecule has 0 spiro atoms. The van der Waals surface area contributed by atoms with Gasteiger partial charge in [-0.25, -0.2) is 13.1 Å². The minimum atomic E-state index is -3.84. The van der Waals surface area contributed by atoms with Crippen molar-refractivity contribution >= 4 is 15.9 Å². The van der Waals surface area contributed by atoms with Gasteiger partial charge in [-0.2, -0.15) is 0 Å². The molecule has 0 aliphatic rings. The highest BCUT2D eigenvalue weighted by Gasteiger charge is 2.19. The minimum absolute atomic E-state index is 0.0395. The highest BCUT2D eigenvalue weighted by Crippen LogP contribution is 2.28. The standard InChI is InChI=1S/C18H22N2O6S/c1-19-18(21)14-10-13(6-8-15(14)24-2)27(22,23)20-11-12-5-7-16(25-3)17(9-12)26-4/h5-10,20H,11H2,1-4H3,(H,19,21). The van der Waals surface area contributed by atoms with Crippen molar-refractivity contribution in [2.45, 2.75) is 11.4 Å². The maximum atomic E-state index is 12.6. The molecule has 0 saturated carbocycles. The van der Waals surface area contributed by atoms with Gasteiger partial charge in [0.2, 0.25) is 10.0 Å². The number of rotatable bonds is 8. The van der Waals surface area contributed by atoms with E-state index in [1.165, 1.54) is 46.6 Å². The lowest BCUT2D eigenvalue weighted by molar-refractivity contribution is 0.0960. The Morgan fingerprint density at radius 3 is 2.15 bits per heavy atom. The number of hydrogen-bond acceptors (Lipinski definition) is 6. The van der Waals surface area contributed by atoms with Gasteiger partial charge in [-0.15, -0.1) is 0 Å². The van der Waals surface area contributed by atoms with Gasteiger partial charge in [-0.1, -0.05) is 6.07 Å². The van der Waals surface area contributed by atoms with Crippen molar-refractivity contribution in [2.24, 2.45) is 0 Å². The predicted octanol–water partition coefficient (Wildman–Crippen LogP) is 1.55. The molecule has 2 N–H and O–H groups in total. The molecule has 0 atom stereocenters. The number of ether oxygens (including phenoxy) is 3. The van der Waals surface area contributed by atoms with E-state index in [1.807, 2.05) is 0 Å². The molecular formula is C18H22N2O6S. The first-order chi connectivity index (χ1) is 12.9. The van der Waals surface area contributed by atoms with Gasteiger partial charge in [0.25, 0.3) is 5.91 Å². The molecule has 0 aliphatic heterocycles. The first kappa shape index (κ1) is 20.5. The van der Waals surface area contributed by atoms with Crippen LogP contribution in [0.4, 0.5) is 0 Å². The lowest BCUT2D eigenvalue weighted by atomic mass is 10.2. The van der Waals surface area contributed by atoms with Gasteiger partial charge >= 0.3 is 0 Å². The van der Waals surface area contributed by atoms with Gasteiger partial charge in [0, 0.05) is 13.6 Å². The topological polar surface area (TPSA) is 103 Å². The Kier molecular flexibility index (Phi) is 6.65. The molecule has 0 fully saturated rings. The number of carbonyl (C=O) groups excluding carboxylic acids is 1. The summed E-state index contributed by atoms with van der Waals surface area (Å²) in [5.41, 5.74) is 0.824. The Labute approximate surface area is 158 Å². The van der Waals surface area contributed by atoms with Gasteiger partial charge in [-0.05, 0) is 35.9 Å². The van der Waals surface area contributed by atoms with E-state index in [9.17, 15) is 13.2 Å². The zero-order valence-corrected chi connectivity index (χ0v) is 16.3. The minimum Gasteiger partial charge on any atom is -0.496 e. The fourth-order valence-electron chi connectivity index (χ4n) is 2.42. The molecule has 0 radical (unpaired) electrons. The van der Waals surface area contributed by atoms with Crippen LogP contribution < -0.4 is 24.2 Å². The summed E-state index contributed by atoms with van der Waals surface area (Å²) in [5.74, 6) is 0.895. The molecule has 0 heterocycles. The zero-order chi connectivity index (χ0) is 20.0. The average molecular weight is 394 g/mol. The summed E-state index contributed by atoms with van der Waals surface area (Å²) in [6.45, 7) is 0.0457. The Bertz CT molecular complexity index is 927. The predicted molar refractivity (Wildman–Crippen MR) is 100.0 cm³/mol. The Morgan fingerprint density at radius 1 is 0.926 bits per heavy atom. The van der Waals surface area contributed by atoms with E-state index >= 15 is 0 Å². The molecule has 9 heteroatoms. The molecule has 27 heavy (non-hydrogen) atoms. The molecule has 2 rings (SSSR count). The maximum Gasteiger partial charge on any atom is 0.254 e. The van der Waals surface area contributed by atoms with Crippen LogP contribution in [0.2, 0.25) is 0 Å². The molecule has 1 amide bonds. The van der Waals surface area contributed by atoms with E-state index in [1.54, 1.807) is 18.2 Å². The number of hydrogen-bond donors (Lipinski definition) is 2. The van der Waals surface area contributed by atoms with Crippen LogP contribution in [-0.4, -0.2) is 42.7 Å². The molecular weight excluding hydrogens is 372 g/mol. The van der Waals surface area contributed by atoms with Crippen LogP contribution in [0.3, 0.4) is 0 Å². The summed E-state index contributed by atoms with van der Waals surface area (Å²) in [4.78, 5) is 11.9.